The summed E-state index contributed by atoms with van der Waals surface area (Å²) in [6.07, 6.45) is 9.92. The second-order valence-electron chi connectivity index (χ2n) is 6.20. The van der Waals surface area contributed by atoms with E-state index in [1.54, 1.807) is 0 Å². The number of nitrogens with one attached hydrogen (secondary N) is 1. The van der Waals surface area contributed by atoms with Crippen LogP contribution < -0.4 is 5.32 Å². The van der Waals surface area contributed by atoms with Crippen molar-refractivity contribution in [2.45, 2.75) is 70.9 Å². The second-order valence-corrected chi connectivity index (χ2v) is 6.20. The predicted octanol–water partition coefficient (Wildman–Crippen LogP) is 3.03. The Balaban J connectivity index is 1.63. The maximum atomic E-state index is 3.85. The molecule has 100 valence electrons. The molecule has 0 aromatic carbocycles. The predicted molar refractivity (Wildman–Crippen MR) is 74.3 cm³/mol. The molecule has 1 saturated heterocycles. The normalized spacial score (nSPS) is 32.8. The minimum absolute atomic E-state index is 0.677. The van der Waals surface area contributed by atoms with Crippen LogP contribution in [0, 0.1) is 5.92 Å². The topological polar surface area (TPSA) is 15.3 Å². The highest BCUT2D eigenvalue weighted by Gasteiger charge is 2.22. The Kier molecular flexibility index (Phi) is 5.30. The summed E-state index contributed by atoms with van der Waals surface area (Å²) in [5, 5.41) is 3.85. The molecular weight excluding hydrogens is 208 g/mol. The lowest BCUT2D eigenvalue weighted by atomic mass is 9.84. The fourth-order valence-corrected chi connectivity index (χ4v) is 3.54. The van der Waals surface area contributed by atoms with Gasteiger partial charge in [0.25, 0.3) is 0 Å². The molecule has 1 unspecified atom stereocenters. The molecule has 0 spiro atoms. The highest BCUT2D eigenvalue weighted by Crippen LogP contribution is 2.26. The van der Waals surface area contributed by atoms with Crippen LogP contribution in [0.1, 0.15) is 58.8 Å². The Labute approximate surface area is 107 Å². The third-order valence-electron chi connectivity index (χ3n) is 4.68. The zero-order valence-electron chi connectivity index (χ0n) is 11.8. The van der Waals surface area contributed by atoms with Gasteiger partial charge in [0, 0.05) is 18.6 Å². The van der Waals surface area contributed by atoms with E-state index < -0.39 is 0 Å². The molecule has 2 fully saturated rings. The molecule has 1 aliphatic carbocycles. The zero-order valence-corrected chi connectivity index (χ0v) is 11.8. The lowest BCUT2D eigenvalue weighted by Gasteiger charge is -2.32. The monoisotopic (exact) mass is 238 g/mol. The van der Waals surface area contributed by atoms with Crippen molar-refractivity contribution in [3.63, 3.8) is 0 Å². The third-order valence-corrected chi connectivity index (χ3v) is 4.68. The van der Waals surface area contributed by atoms with Gasteiger partial charge in [0.15, 0.2) is 0 Å². The van der Waals surface area contributed by atoms with Gasteiger partial charge < -0.3 is 10.2 Å². The summed E-state index contributed by atoms with van der Waals surface area (Å²) in [6, 6.07) is 1.48. The first-order valence-electron chi connectivity index (χ1n) is 7.76. The Hall–Kier alpha value is -0.0800. The molecule has 1 N–H and O–H groups in total. The summed E-state index contributed by atoms with van der Waals surface area (Å²) < 4.78 is 0. The van der Waals surface area contributed by atoms with Crippen LogP contribution in [0.25, 0.3) is 0 Å². The molecular formula is C15H30N2. The summed E-state index contributed by atoms with van der Waals surface area (Å²) in [6.45, 7) is 8.62. The van der Waals surface area contributed by atoms with Gasteiger partial charge in [-0.05, 0) is 64.5 Å². The molecule has 1 saturated carbocycles. The maximum absolute atomic E-state index is 3.85. The first-order chi connectivity index (χ1) is 8.28. The van der Waals surface area contributed by atoms with Gasteiger partial charge >= 0.3 is 0 Å². The molecule has 2 nitrogen and oxygen atoms in total. The molecule has 1 aliphatic heterocycles. The van der Waals surface area contributed by atoms with Gasteiger partial charge in [0.1, 0.15) is 0 Å². The van der Waals surface area contributed by atoms with E-state index >= 15 is 0 Å². The molecule has 2 rings (SSSR count). The van der Waals surface area contributed by atoms with Crippen LogP contribution in [-0.4, -0.2) is 36.6 Å². The van der Waals surface area contributed by atoms with E-state index in [4.69, 9.17) is 0 Å². The molecule has 1 heterocycles. The summed E-state index contributed by atoms with van der Waals surface area (Å²) >= 11 is 0. The van der Waals surface area contributed by atoms with Gasteiger partial charge in [-0.2, -0.15) is 0 Å². The number of hydrogen-bond acceptors (Lipinski definition) is 2. The average Bonchev–Trinajstić information content (AvgIpc) is 2.82. The van der Waals surface area contributed by atoms with Gasteiger partial charge in [-0.3, -0.25) is 0 Å². The van der Waals surface area contributed by atoms with Gasteiger partial charge in [-0.15, -0.1) is 0 Å². The van der Waals surface area contributed by atoms with Crippen LogP contribution in [0.2, 0.25) is 0 Å². The van der Waals surface area contributed by atoms with Gasteiger partial charge in [0.2, 0.25) is 0 Å². The first-order valence-corrected chi connectivity index (χ1v) is 7.76. The van der Waals surface area contributed by atoms with Crippen molar-refractivity contribution in [3.05, 3.63) is 0 Å². The van der Waals surface area contributed by atoms with Crippen molar-refractivity contribution in [3.8, 4) is 0 Å². The van der Waals surface area contributed by atoms with Gasteiger partial charge in [-0.1, -0.05) is 13.3 Å². The molecule has 2 heteroatoms. The van der Waals surface area contributed by atoms with E-state index in [0.717, 1.165) is 12.0 Å². The number of rotatable bonds is 5. The van der Waals surface area contributed by atoms with Crippen molar-refractivity contribution in [2.24, 2.45) is 5.92 Å². The fourth-order valence-electron chi connectivity index (χ4n) is 3.54. The zero-order chi connectivity index (χ0) is 12.1. The molecule has 2 aliphatic rings. The van der Waals surface area contributed by atoms with Crippen molar-refractivity contribution < 1.29 is 0 Å². The van der Waals surface area contributed by atoms with Crippen LogP contribution in [0.5, 0.6) is 0 Å². The Bertz CT molecular complexity index is 203. The molecule has 0 radical (unpaired) electrons. The van der Waals surface area contributed by atoms with Crippen LogP contribution in [-0.2, 0) is 0 Å². The summed E-state index contributed by atoms with van der Waals surface area (Å²) in [4.78, 5) is 2.62. The van der Waals surface area contributed by atoms with Crippen LogP contribution in [0.3, 0.4) is 0 Å². The largest absolute Gasteiger partial charge is 0.310 e. The van der Waals surface area contributed by atoms with Crippen molar-refractivity contribution in [1.29, 1.82) is 0 Å². The highest BCUT2D eigenvalue weighted by atomic mass is 15.2. The number of nitrogens with zero attached hydrogens (tertiary/aromatic N) is 1. The van der Waals surface area contributed by atoms with Crippen LogP contribution in [0.4, 0.5) is 0 Å². The lowest BCUT2D eigenvalue weighted by Crippen LogP contribution is -2.44. The van der Waals surface area contributed by atoms with E-state index in [2.05, 4.69) is 24.1 Å². The summed E-state index contributed by atoms with van der Waals surface area (Å²) in [7, 11) is 0. The fraction of sp³-hybridized carbons (Fsp3) is 1.00. The number of hydrogen-bond donors (Lipinski definition) is 1. The van der Waals surface area contributed by atoms with Gasteiger partial charge in [-0.25, -0.2) is 0 Å². The molecule has 0 bridgehead atoms. The minimum atomic E-state index is 0.677. The van der Waals surface area contributed by atoms with E-state index in [9.17, 15) is 0 Å². The maximum Gasteiger partial charge on any atom is 0.0169 e. The Morgan fingerprint density at radius 3 is 2.35 bits per heavy atom. The third kappa shape index (κ3) is 4.26. The van der Waals surface area contributed by atoms with E-state index in [-0.39, 0.29) is 0 Å². The number of likely N-dealkylation sites (tertiary alicyclic amines) is 1. The van der Waals surface area contributed by atoms with Crippen molar-refractivity contribution in [1.82, 2.24) is 10.2 Å². The average molecular weight is 238 g/mol. The van der Waals surface area contributed by atoms with E-state index in [1.165, 1.54) is 64.6 Å². The quantitative estimate of drug-likeness (QED) is 0.792. The summed E-state index contributed by atoms with van der Waals surface area (Å²) in [5.41, 5.74) is 0. The van der Waals surface area contributed by atoms with E-state index in [1.807, 2.05) is 0 Å². The van der Waals surface area contributed by atoms with Gasteiger partial charge in [0.05, 0.1) is 0 Å². The molecule has 17 heavy (non-hydrogen) atoms. The molecule has 0 aromatic rings. The van der Waals surface area contributed by atoms with Crippen molar-refractivity contribution in [2.75, 3.05) is 19.6 Å². The van der Waals surface area contributed by atoms with E-state index in [0.29, 0.717) is 6.04 Å². The SMILES string of the molecule is CCC1CCC(NC(C)CN2CCCC2)CC1. The second kappa shape index (κ2) is 6.75. The Morgan fingerprint density at radius 2 is 1.76 bits per heavy atom. The molecule has 0 amide bonds. The minimum Gasteiger partial charge on any atom is -0.310 e. The smallest absolute Gasteiger partial charge is 0.0169 e. The molecule has 1 atom stereocenters. The van der Waals surface area contributed by atoms with Crippen LogP contribution >= 0.6 is 0 Å². The first kappa shape index (κ1) is 13.4. The highest BCUT2D eigenvalue weighted by molar-refractivity contribution is 4.80. The standard InChI is InChI=1S/C15H30N2/c1-3-14-6-8-15(9-7-14)16-13(2)12-17-10-4-5-11-17/h13-16H,3-12H2,1-2H3. The Morgan fingerprint density at radius 1 is 1.12 bits per heavy atom. The van der Waals surface area contributed by atoms with Crippen molar-refractivity contribution >= 4 is 0 Å². The lowest BCUT2D eigenvalue weighted by molar-refractivity contribution is 0.241. The molecule has 0 aromatic heterocycles. The summed E-state index contributed by atoms with van der Waals surface area (Å²) in [5.74, 6) is 1.02. The van der Waals surface area contributed by atoms with Crippen LogP contribution in [0.15, 0.2) is 0 Å².